The molecule has 2 aromatic heterocycles. The lowest BCUT2D eigenvalue weighted by Crippen LogP contribution is -2.50. The van der Waals surface area contributed by atoms with Crippen LogP contribution in [-0.2, 0) is 5.41 Å². The number of fused-ring (bicyclic) bond motifs is 5. The molecule has 1 saturated heterocycles. The van der Waals surface area contributed by atoms with Crippen LogP contribution in [0.3, 0.4) is 0 Å². The Bertz CT molecular complexity index is 1190. The Morgan fingerprint density at radius 3 is 2.58 bits per heavy atom. The van der Waals surface area contributed by atoms with Gasteiger partial charge in [0.1, 0.15) is 11.6 Å². The van der Waals surface area contributed by atoms with Crippen LogP contribution in [0.4, 0.5) is 14.6 Å². The van der Waals surface area contributed by atoms with Crippen molar-refractivity contribution >= 4 is 5.82 Å². The fourth-order valence-corrected chi connectivity index (χ4v) is 7.19. The van der Waals surface area contributed by atoms with E-state index in [1.807, 2.05) is 18.2 Å². The average molecular weight is 448 g/mol. The molecule has 3 heterocycles. The molecular weight excluding hydrogens is 420 g/mol. The number of piperidine rings is 1. The van der Waals surface area contributed by atoms with E-state index in [2.05, 4.69) is 34.0 Å². The van der Waals surface area contributed by atoms with Crippen molar-refractivity contribution in [3.63, 3.8) is 0 Å². The highest BCUT2D eigenvalue weighted by Gasteiger charge is 2.66. The number of aromatic nitrogens is 4. The van der Waals surface area contributed by atoms with Gasteiger partial charge in [0.05, 0.1) is 17.0 Å². The maximum atomic E-state index is 14.5. The van der Waals surface area contributed by atoms with Crippen molar-refractivity contribution in [2.75, 3.05) is 18.0 Å². The number of nitrogens with zero attached hydrogens (tertiary/aromatic N) is 5. The Balaban J connectivity index is 1.43. The molecule has 2 fully saturated rings. The van der Waals surface area contributed by atoms with E-state index in [4.69, 9.17) is 5.10 Å². The standard InChI is InChI=1S/C26H27F2N5/c1-25(2)18-10-11-26(25,16-6-5-13-33(15-16)22-9-4-12-29-31-22)24-17(18)14-21(30-32-24)23-19(27)7-3-8-20(23)28/h3-4,7-9,12,14,16,18H,5-6,10-11,13,15H2,1-2H3/t16-,18-,26?/m0/s1. The Morgan fingerprint density at radius 2 is 1.82 bits per heavy atom. The minimum atomic E-state index is -0.603. The second kappa shape index (κ2) is 7.27. The van der Waals surface area contributed by atoms with Crippen LogP contribution < -0.4 is 4.90 Å². The molecule has 1 unspecified atom stereocenters. The van der Waals surface area contributed by atoms with Crippen molar-refractivity contribution in [1.29, 1.82) is 0 Å². The lowest BCUT2D eigenvalue weighted by Gasteiger charge is -2.48. The van der Waals surface area contributed by atoms with E-state index in [-0.39, 0.29) is 22.1 Å². The molecule has 3 atom stereocenters. The summed E-state index contributed by atoms with van der Waals surface area (Å²) >= 11 is 0. The van der Waals surface area contributed by atoms with Gasteiger partial charge in [-0.3, -0.25) is 0 Å². The third-order valence-electron chi connectivity index (χ3n) is 8.69. The van der Waals surface area contributed by atoms with Crippen LogP contribution in [-0.4, -0.2) is 33.5 Å². The Labute approximate surface area is 192 Å². The lowest BCUT2D eigenvalue weighted by atomic mass is 9.59. The fraction of sp³-hybridized carbons (Fsp3) is 0.462. The van der Waals surface area contributed by atoms with Crippen LogP contribution in [0, 0.1) is 23.0 Å². The monoisotopic (exact) mass is 447 g/mol. The van der Waals surface area contributed by atoms with E-state index in [0.717, 1.165) is 55.8 Å². The molecule has 1 saturated carbocycles. The first kappa shape index (κ1) is 20.6. The van der Waals surface area contributed by atoms with Gasteiger partial charge in [-0.15, -0.1) is 5.10 Å². The molecule has 1 aliphatic heterocycles. The van der Waals surface area contributed by atoms with Crippen LogP contribution in [0.5, 0.6) is 0 Å². The maximum Gasteiger partial charge on any atom is 0.151 e. The summed E-state index contributed by atoms with van der Waals surface area (Å²) in [5.74, 6) is 0.422. The van der Waals surface area contributed by atoms with Gasteiger partial charge in [0, 0.05) is 24.7 Å². The molecule has 3 aromatic rings. The second-order valence-corrected chi connectivity index (χ2v) is 10.3. The fourth-order valence-electron chi connectivity index (χ4n) is 7.19. The molecule has 1 aromatic carbocycles. The van der Waals surface area contributed by atoms with Crippen molar-refractivity contribution in [3.8, 4) is 11.3 Å². The lowest BCUT2D eigenvalue weighted by molar-refractivity contribution is 0.112. The first-order valence-electron chi connectivity index (χ1n) is 11.8. The summed E-state index contributed by atoms with van der Waals surface area (Å²) in [6.45, 7) is 6.56. The minimum Gasteiger partial charge on any atom is -0.355 e. The van der Waals surface area contributed by atoms with E-state index >= 15 is 0 Å². The zero-order valence-electron chi connectivity index (χ0n) is 18.9. The van der Waals surface area contributed by atoms with E-state index in [1.54, 1.807) is 6.20 Å². The zero-order valence-corrected chi connectivity index (χ0v) is 18.9. The summed E-state index contributed by atoms with van der Waals surface area (Å²) in [6.07, 6.45) is 6.04. The maximum absolute atomic E-state index is 14.5. The summed E-state index contributed by atoms with van der Waals surface area (Å²) in [5, 5.41) is 17.5. The molecule has 0 spiro atoms. The average Bonchev–Trinajstić information content (AvgIpc) is 3.21. The van der Waals surface area contributed by atoms with Gasteiger partial charge in [-0.1, -0.05) is 19.9 Å². The number of benzene rings is 1. The highest BCUT2D eigenvalue weighted by molar-refractivity contribution is 5.63. The number of halogens is 2. The first-order chi connectivity index (χ1) is 15.9. The van der Waals surface area contributed by atoms with Crippen LogP contribution in [0.1, 0.15) is 56.7 Å². The smallest absolute Gasteiger partial charge is 0.151 e. The van der Waals surface area contributed by atoms with Gasteiger partial charge in [0.25, 0.3) is 0 Å². The first-order valence-corrected chi connectivity index (χ1v) is 11.8. The van der Waals surface area contributed by atoms with E-state index < -0.39 is 11.6 Å². The predicted molar refractivity (Wildman–Crippen MR) is 122 cm³/mol. The van der Waals surface area contributed by atoms with Crippen molar-refractivity contribution in [3.05, 3.63) is 65.5 Å². The molecule has 0 radical (unpaired) electrons. The molecular formula is C26H27F2N5. The summed E-state index contributed by atoms with van der Waals surface area (Å²) in [4.78, 5) is 2.34. The van der Waals surface area contributed by atoms with Crippen molar-refractivity contribution in [2.24, 2.45) is 11.3 Å². The molecule has 0 N–H and O–H groups in total. The van der Waals surface area contributed by atoms with Gasteiger partial charge in [-0.2, -0.15) is 15.3 Å². The minimum absolute atomic E-state index is 0.00748. The summed E-state index contributed by atoms with van der Waals surface area (Å²) < 4.78 is 28.9. The van der Waals surface area contributed by atoms with Gasteiger partial charge >= 0.3 is 0 Å². The molecule has 170 valence electrons. The SMILES string of the molecule is CC1(C)[C@H]2CCC1([C@H]1CCCN(c3cccnn3)C1)c1nnc(-c3c(F)cccc3F)cc12. The number of hydrogen-bond acceptors (Lipinski definition) is 5. The van der Waals surface area contributed by atoms with E-state index in [9.17, 15) is 8.78 Å². The van der Waals surface area contributed by atoms with E-state index in [1.165, 1.54) is 18.2 Å². The van der Waals surface area contributed by atoms with Crippen LogP contribution in [0.25, 0.3) is 11.3 Å². The van der Waals surface area contributed by atoms with Crippen LogP contribution in [0.15, 0.2) is 42.6 Å². The predicted octanol–water partition coefficient (Wildman–Crippen LogP) is 5.28. The topological polar surface area (TPSA) is 54.8 Å². The molecule has 7 heteroatoms. The highest BCUT2D eigenvalue weighted by atomic mass is 19.1. The third-order valence-corrected chi connectivity index (χ3v) is 8.69. The van der Waals surface area contributed by atoms with Crippen molar-refractivity contribution < 1.29 is 8.78 Å². The molecule has 0 amide bonds. The molecule has 5 nitrogen and oxygen atoms in total. The summed E-state index contributed by atoms with van der Waals surface area (Å²) in [6, 6.07) is 9.77. The zero-order chi connectivity index (χ0) is 22.8. The van der Waals surface area contributed by atoms with E-state index in [0.29, 0.717) is 11.8 Å². The highest BCUT2D eigenvalue weighted by Crippen LogP contribution is 2.70. The van der Waals surface area contributed by atoms with Crippen molar-refractivity contribution in [2.45, 2.75) is 50.9 Å². The molecule has 33 heavy (non-hydrogen) atoms. The second-order valence-electron chi connectivity index (χ2n) is 10.3. The van der Waals surface area contributed by atoms with Gasteiger partial charge in [0.2, 0.25) is 0 Å². The Morgan fingerprint density at radius 1 is 1.00 bits per heavy atom. The van der Waals surface area contributed by atoms with Crippen molar-refractivity contribution in [1.82, 2.24) is 20.4 Å². The molecule has 3 aliphatic rings. The van der Waals surface area contributed by atoms with Crippen LogP contribution >= 0.6 is 0 Å². The molecule has 2 aliphatic carbocycles. The Hall–Kier alpha value is -2.96. The summed E-state index contributed by atoms with van der Waals surface area (Å²) in [7, 11) is 0. The van der Waals surface area contributed by atoms with Gasteiger partial charge in [0.15, 0.2) is 5.82 Å². The Kier molecular flexibility index (Phi) is 4.55. The van der Waals surface area contributed by atoms with Crippen LogP contribution in [0.2, 0.25) is 0 Å². The van der Waals surface area contributed by atoms with Gasteiger partial charge < -0.3 is 4.90 Å². The quantitative estimate of drug-likeness (QED) is 0.547. The largest absolute Gasteiger partial charge is 0.355 e. The van der Waals surface area contributed by atoms with Gasteiger partial charge in [-0.25, -0.2) is 8.78 Å². The number of anilines is 1. The number of rotatable bonds is 3. The third kappa shape index (κ3) is 2.80. The summed E-state index contributed by atoms with van der Waals surface area (Å²) in [5.41, 5.74) is 2.24. The van der Waals surface area contributed by atoms with Gasteiger partial charge in [-0.05, 0) is 78.8 Å². The molecule has 2 bridgehead atoms. The normalized spacial score (nSPS) is 27.6. The molecule has 6 rings (SSSR count). The number of hydrogen-bond donors (Lipinski definition) is 0.